The van der Waals surface area contributed by atoms with E-state index in [-0.39, 0.29) is 0 Å². The molecule has 4 heteroatoms. The SMILES string of the molecule is C[C@@H](NCc1csc(Br)c1)c1ccccc1Br. The Hall–Kier alpha value is -0.160. The molecule has 2 rings (SSSR count). The molecular weight excluding hydrogens is 362 g/mol. The van der Waals surface area contributed by atoms with E-state index < -0.39 is 0 Å². The highest BCUT2D eigenvalue weighted by Crippen LogP contribution is 2.24. The van der Waals surface area contributed by atoms with E-state index >= 15 is 0 Å². The predicted molar refractivity (Wildman–Crippen MR) is 81.4 cm³/mol. The molecule has 0 fully saturated rings. The molecular formula is C13H13Br2NS. The second kappa shape index (κ2) is 6.14. The summed E-state index contributed by atoms with van der Waals surface area (Å²) in [5, 5.41) is 5.70. The topological polar surface area (TPSA) is 12.0 Å². The van der Waals surface area contributed by atoms with E-state index in [1.54, 1.807) is 11.3 Å². The highest BCUT2D eigenvalue weighted by Gasteiger charge is 2.08. The molecule has 0 spiro atoms. The maximum atomic E-state index is 3.58. The second-order valence-electron chi connectivity index (χ2n) is 3.88. The lowest BCUT2D eigenvalue weighted by atomic mass is 10.1. The first-order valence-electron chi connectivity index (χ1n) is 5.37. The molecule has 0 radical (unpaired) electrons. The van der Waals surface area contributed by atoms with Crippen molar-refractivity contribution in [2.45, 2.75) is 19.5 Å². The van der Waals surface area contributed by atoms with Crippen molar-refractivity contribution in [3.63, 3.8) is 0 Å². The van der Waals surface area contributed by atoms with Crippen molar-refractivity contribution in [3.8, 4) is 0 Å². The summed E-state index contributed by atoms with van der Waals surface area (Å²) in [6, 6.07) is 10.8. The molecule has 90 valence electrons. The van der Waals surface area contributed by atoms with Gasteiger partial charge in [0.25, 0.3) is 0 Å². The van der Waals surface area contributed by atoms with E-state index in [1.807, 2.05) is 6.07 Å². The normalized spacial score (nSPS) is 12.6. The molecule has 0 saturated carbocycles. The number of nitrogens with one attached hydrogen (secondary N) is 1. The highest BCUT2D eigenvalue weighted by molar-refractivity contribution is 9.11. The fourth-order valence-corrected chi connectivity index (χ4v) is 3.48. The van der Waals surface area contributed by atoms with Gasteiger partial charge in [0.05, 0.1) is 3.79 Å². The van der Waals surface area contributed by atoms with Gasteiger partial charge >= 0.3 is 0 Å². The van der Waals surface area contributed by atoms with Crippen molar-refractivity contribution >= 4 is 43.2 Å². The number of halogens is 2. The lowest BCUT2D eigenvalue weighted by Gasteiger charge is -2.15. The van der Waals surface area contributed by atoms with Gasteiger partial charge in [-0.15, -0.1) is 11.3 Å². The van der Waals surface area contributed by atoms with Crippen LogP contribution in [0.5, 0.6) is 0 Å². The first-order valence-corrected chi connectivity index (χ1v) is 7.84. The minimum Gasteiger partial charge on any atom is -0.306 e. The molecule has 0 aliphatic carbocycles. The molecule has 0 amide bonds. The van der Waals surface area contributed by atoms with Crippen LogP contribution in [0.4, 0.5) is 0 Å². The number of hydrogen-bond donors (Lipinski definition) is 1. The quantitative estimate of drug-likeness (QED) is 0.782. The van der Waals surface area contributed by atoms with Crippen molar-refractivity contribution in [2.75, 3.05) is 0 Å². The van der Waals surface area contributed by atoms with E-state index in [0.717, 1.165) is 11.0 Å². The summed E-state index contributed by atoms with van der Waals surface area (Å²) in [4.78, 5) is 0. The zero-order valence-electron chi connectivity index (χ0n) is 9.41. The second-order valence-corrected chi connectivity index (χ2v) is 7.03. The van der Waals surface area contributed by atoms with E-state index in [0.29, 0.717) is 6.04 Å². The van der Waals surface area contributed by atoms with Crippen molar-refractivity contribution in [1.82, 2.24) is 5.32 Å². The van der Waals surface area contributed by atoms with Crippen LogP contribution in [0.2, 0.25) is 0 Å². The van der Waals surface area contributed by atoms with Crippen molar-refractivity contribution < 1.29 is 0 Å². The van der Waals surface area contributed by atoms with Crippen LogP contribution in [0.15, 0.2) is 44.0 Å². The molecule has 1 aromatic heterocycles. The van der Waals surface area contributed by atoms with Crippen LogP contribution in [0, 0.1) is 0 Å². The van der Waals surface area contributed by atoms with Crippen LogP contribution in [-0.4, -0.2) is 0 Å². The van der Waals surface area contributed by atoms with Crippen LogP contribution in [0.25, 0.3) is 0 Å². The molecule has 0 bridgehead atoms. The maximum Gasteiger partial charge on any atom is 0.0701 e. The van der Waals surface area contributed by atoms with Gasteiger partial charge in [-0.2, -0.15) is 0 Å². The molecule has 1 atom stereocenters. The summed E-state index contributed by atoms with van der Waals surface area (Å²) >= 11 is 8.78. The fraction of sp³-hybridized carbons (Fsp3) is 0.231. The molecule has 1 heterocycles. The minimum atomic E-state index is 0.337. The maximum absolute atomic E-state index is 3.58. The molecule has 0 saturated heterocycles. The molecule has 0 unspecified atom stereocenters. The van der Waals surface area contributed by atoms with E-state index in [4.69, 9.17) is 0 Å². The molecule has 17 heavy (non-hydrogen) atoms. The van der Waals surface area contributed by atoms with Gasteiger partial charge in [0.2, 0.25) is 0 Å². The summed E-state index contributed by atoms with van der Waals surface area (Å²) in [7, 11) is 0. The van der Waals surface area contributed by atoms with Crippen LogP contribution in [0.1, 0.15) is 24.1 Å². The first-order chi connectivity index (χ1) is 8.16. The summed E-state index contributed by atoms with van der Waals surface area (Å²) in [5.74, 6) is 0. The molecule has 1 nitrogen and oxygen atoms in total. The molecule has 0 aliphatic rings. The standard InChI is InChI=1S/C13H13Br2NS/c1-9(11-4-2-3-5-12(11)14)16-7-10-6-13(15)17-8-10/h2-6,8-9,16H,7H2,1H3/t9-/m1/s1. The minimum absolute atomic E-state index is 0.337. The van der Waals surface area contributed by atoms with Crippen molar-refractivity contribution in [3.05, 3.63) is 55.1 Å². The third-order valence-electron chi connectivity index (χ3n) is 2.61. The third kappa shape index (κ3) is 3.65. The Bertz CT molecular complexity index is 496. The summed E-state index contributed by atoms with van der Waals surface area (Å²) in [6.45, 7) is 3.08. The molecule has 2 aromatic rings. The number of hydrogen-bond acceptors (Lipinski definition) is 2. The van der Waals surface area contributed by atoms with E-state index in [2.05, 4.69) is 73.7 Å². The predicted octanol–water partition coefficient (Wildman–Crippen LogP) is 5.12. The number of thiophene rings is 1. The monoisotopic (exact) mass is 373 g/mol. The lowest BCUT2D eigenvalue weighted by molar-refractivity contribution is 0.573. The Labute approximate surface area is 123 Å². The van der Waals surface area contributed by atoms with Gasteiger partial charge in [-0.3, -0.25) is 0 Å². The lowest BCUT2D eigenvalue weighted by Crippen LogP contribution is -2.18. The van der Waals surface area contributed by atoms with Crippen LogP contribution in [0.3, 0.4) is 0 Å². The Morgan fingerprint density at radius 2 is 2.06 bits per heavy atom. The molecule has 1 aromatic carbocycles. The summed E-state index contributed by atoms with van der Waals surface area (Å²) < 4.78 is 2.34. The summed E-state index contributed by atoms with van der Waals surface area (Å²) in [6.07, 6.45) is 0. The largest absolute Gasteiger partial charge is 0.306 e. The van der Waals surface area contributed by atoms with Gasteiger partial charge in [-0.1, -0.05) is 34.1 Å². The Morgan fingerprint density at radius 3 is 2.71 bits per heavy atom. The first kappa shape index (κ1) is 13.3. The number of rotatable bonds is 4. The Kier molecular flexibility index (Phi) is 4.79. The summed E-state index contributed by atoms with van der Waals surface area (Å²) in [5.41, 5.74) is 2.61. The molecule has 0 aliphatic heterocycles. The average Bonchev–Trinajstić information content (AvgIpc) is 2.73. The van der Waals surface area contributed by atoms with Gasteiger partial charge in [0.1, 0.15) is 0 Å². The number of benzene rings is 1. The highest BCUT2D eigenvalue weighted by atomic mass is 79.9. The fourth-order valence-electron chi connectivity index (χ4n) is 1.65. The Balaban J connectivity index is 1.98. The van der Waals surface area contributed by atoms with Gasteiger partial charge in [-0.05, 0) is 51.5 Å². The van der Waals surface area contributed by atoms with Crippen LogP contribution >= 0.6 is 43.2 Å². The Morgan fingerprint density at radius 1 is 1.29 bits per heavy atom. The van der Waals surface area contributed by atoms with Gasteiger partial charge in [0, 0.05) is 17.1 Å². The van der Waals surface area contributed by atoms with Crippen LogP contribution in [-0.2, 0) is 6.54 Å². The van der Waals surface area contributed by atoms with Crippen molar-refractivity contribution in [1.29, 1.82) is 0 Å². The van der Waals surface area contributed by atoms with Gasteiger partial charge in [-0.25, -0.2) is 0 Å². The third-order valence-corrected chi connectivity index (χ3v) is 4.88. The van der Waals surface area contributed by atoms with Gasteiger partial charge in [0.15, 0.2) is 0 Å². The van der Waals surface area contributed by atoms with Crippen LogP contribution < -0.4 is 5.32 Å². The molecule has 1 N–H and O–H groups in total. The zero-order valence-corrected chi connectivity index (χ0v) is 13.4. The van der Waals surface area contributed by atoms with Crippen molar-refractivity contribution in [2.24, 2.45) is 0 Å². The average molecular weight is 375 g/mol. The zero-order chi connectivity index (χ0) is 12.3. The smallest absolute Gasteiger partial charge is 0.0701 e. The van der Waals surface area contributed by atoms with E-state index in [9.17, 15) is 0 Å². The van der Waals surface area contributed by atoms with E-state index in [1.165, 1.54) is 14.9 Å². The van der Waals surface area contributed by atoms with Gasteiger partial charge < -0.3 is 5.32 Å².